The number of benzene rings is 1. The van der Waals surface area contributed by atoms with E-state index in [1.54, 1.807) is 17.0 Å². The lowest BCUT2D eigenvalue weighted by molar-refractivity contribution is -0.144. The Morgan fingerprint density at radius 1 is 1.36 bits per heavy atom. The summed E-state index contributed by atoms with van der Waals surface area (Å²) in [6, 6.07) is 3.26. The molecule has 1 aromatic rings. The predicted octanol–water partition coefficient (Wildman–Crippen LogP) is -0.577. The van der Waals surface area contributed by atoms with Gasteiger partial charge >= 0.3 is 18.7 Å². The van der Waals surface area contributed by atoms with E-state index in [4.69, 9.17) is 20.2 Å². The van der Waals surface area contributed by atoms with Crippen molar-refractivity contribution in [3.8, 4) is 11.5 Å². The Morgan fingerprint density at radius 3 is 2.64 bits per heavy atom. The van der Waals surface area contributed by atoms with E-state index in [1.807, 2.05) is 0 Å². The summed E-state index contributed by atoms with van der Waals surface area (Å²) in [5, 5.41) is 38.8. The second kappa shape index (κ2) is 6.08. The molecule has 2 heterocycles. The summed E-state index contributed by atoms with van der Waals surface area (Å²) in [4.78, 5) is 24.7. The molecule has 28 heavy (non-hydrogen) atoms. The summed E-state index contributed by atoms with van der Waals surface area (Å²) in [6.07, 6.45) is 0.203. The average Bonchev–Trinajstić information content (AvgIpc) is 3.33. The Labute approximate surface area is 160 Å². The summed E-state index contributed by atoms with van der Waals surface area (Å²) in [6.45, 7) is -0.727. The van der Waals surface area contributed by atoms with Gasteiger partial charge < -0.3 is 35.4 Å². The maximum Gasteiger partial charge on any atom is 0.434 e. The molecule has 0 aromatic heterocycles. The Bertz CT molecular complexity index is 852. The maximum absolute atomic E-state index is 11.8. The summed E-state index contributed by atoms with van der Waals surface area (Å²) in [5.41, 5.74) is 4.76. The summed E-state index contributed by atoms with van der Waals surface area (Å²) < 4.78 is 11.1. The van der Waals surface area contributed by atoms with Crippen LogP contribution in [0.3, 0.4) is 0 Å². The molecule has 1 aliphatic carbocycles. The molecule has 3 atom stereocenters. The SMILES string of the molecule is C[C@@](N)(CN1CC(Oc2ccc3c(c2C(=O)O)O[B-](O)(O)[C@@H]2C[C@H]32)C1)C(=O)O. The number of carboxylic acids is 2. The molecule has 2 aliphatic heterocycles. The smallest absolute Gasteiger partial charge is 0.434 e. The van der Waals surface area contributed by atoms with Gasteiger partial charge in [-0.3, -0.25) is 9.69 Å². The Kier molecular flexibility index (Phi) is 4.13. The van der Waals surface area contributed by atoms with Crippen LogP contribution in [0.15, 0.2) is 12.1 Å². The molecule has 0 radical (unpaired) electrons. The minimum atomic E-state index is -3.09. The standard InChI is InChI=1S/C17H22BN2O8/c1-17(19,16(23)24)7-20-5-8(6-20)27-12-3-2-9-10-4-11(10)18(25,26)28-14(9)13(12)15(21)22/h2-3,8,10-11,25-26H,4-7,19H2,1H3,(H,21,22)(H,23,24)/q-1/t10-,11-,17-/m1/s1. The van der Waals surface area contributed by atoms with Gasteiger partial charge in [0.1, 0.15) is 23.0 Å². The summed E-state index contributed by atoms with van der Waals surface area (Å²) >= 11 is 0. The van der Waals surface area contributed by atoms with Crippen molar-refractivity contribution in [3.63, 3.8) is 0 Å². The highest BCUT2D eigenvalue weighted by Crippen LogP contribution is 2.63. The van der Waals surface area contributed by atoms with E-state index in [0.717, 1.165) is 0 Å². The van der Waals surface area contributed by atoms with E-state index in [1.165, 1.54) is 6.92 Å². The van der Waals surface area contributed by atoms with Gasteiger partial charge in [-0.25, -0.2) is 4.79 Å². The molecule has 6 N–H and O–H groups in total. The van der Waals surface area contributed by atoms with E-state index in [2.05, 4.69) is 0 Å². The molecule has 3 aliphatic rings. The molecule has 1 aromatic carbocycles. The van der Waals surface area contributed by atoms with Crippen LogP contribution in [0.5, 0.6) is 11.5 Å². The van der Waals surface area contributed by atoms with Crippen LogP contribution in [-0.4, -0.2) is 75.1 Å². The Hall–Kier alpha value is -2.34. The van der Waals surface area contributed by atoms with Gasteiger partial charge in [0.15, 0.2) is 0 Å². The topological polar surface area (TPSA) is 163 Å². The van der Waals surface area contributed by atoms with Crippen molar-refractivity contribution in [1.82, 2.24) is 4.90 Å². The molecule has 1 saturated carbocycles. The highest BCUT2D eigenvalue weighted by atomic mass is 16.6. The number of hydrogen-bond donors (Lipinski definition) is 5. The van der Waals surface area contributed by atoms with E-state index in [0.29, 0.717) is 25.1 Å². The molecule has 10 nitrogen and oxygen atoms in total. The highest BCUT2D eigenvalue weighted by Gasteiger charge is 2.55. The van der Waals surface area contributed by atoms with Crippen LogP contribution >= 0.6 is 0 Å². The number of hydrogen-bond acceptors (Lipinski definition) is 8. The number of aliphatic carboxylic acids is 1. The van der Waals surface area contributed by atoms with Gasteiger partial charge in [-0.05, 0) is 24.5 Å². The quantitative estimate of drug-likeness (QED) is 0.395. The number of nitrogens with zero attached hydrogens (tertiary/aromatic N) is 1. The number of rotatable bonds is 6. The number of carboxylic acid groups (broad SMARTS) is 2. The van der Waals surface area contributed by atoms with Gasteiger partial charge in [0, 0.05) is 19.6 Å². The number of aromatic carboxylic acids is 1. The third-order valence-corrected chi connectivity index (χ3v) is 5.71. The van der Waals surface area contributed by atoms with Crippen molar-refractivity contribution in [2.45, 2.75) is 36.7 Å². The van der Waals surface area contributed by atoms with Crippen LogP contribution in [0.2, 0.25) is 5.82 Å². The molecule has 0 bridgehead atoms. The van der Waals surface area contributed by atoms with Crippen molar-refractivity contribution in [1.29, 1.82) is 0 Å². The molecule has 2 fully saturated rings. The van der Waals surface area contributed by atoms with Crippen LogP contribution < -0.4 is 15.1 Å². The third-order valence-electron chi connectivity index (χ3n) is 5.71. The van der Waals surface area contributed by atoms with Crippen molar-refractivity contribution in [2.75, 3.05) is 19.6 Å². The number of nitrogens with two attached hydrogens (primary N) is 1. The lowest BCUT2D eigenvalue weighted by Crippen LogP contribution is -2.62. The molecule has 0 spiro atoms. The largest absolute Gasteiger partial charge is 0.669 e. The fourth-order valence-electron chi connectivity index (χ4n) is 4.05. The zero-order chi connectivity index (χ0) is 20.4. The van der Waals surface area contributed by atoms with Crippen LogP contribution in [0, 0.1) is 0 Å². The first-order valence-electron chi connectivity index (χ1n) is 9.09. The second-order valence-corrected chi connectivity index (χ2v) is 8.20. The molecule has 152 valence electrons. The van der Waals surface area contributed by atoms with E-state index in [9.17, 15) is 24.7 Å². The van der Waals surface area contributed by atoms with Crippen molar-refractivity contribution in [3.05, 3.63) is 23.3 Å². The second-order valence-electron chi connectivity index (χ2n) is 8.20. The Balaban J connectivity index is 1.50. The molecule has 4 rings (SSSR count). The predicted molar refractivity (Wildman–Crippen MR) is 96.4 cm³/mol. The monoisotopic (exact) mass is 393 g/mol. The molecule has 0 amide bonds. The number of likely N-dealkylation sites (tertiary alicyclic amines) is 1. The zero-order valence-corrected chi connectivity index (χ0v) is 15.2. The van der Waals surface area contributed by atoms with Crippen LogP contribution in [0.1, 0.15) is 35.2 Å². The molecule has 0 unspecified atom stereocenters. The van der Waals surface area contributed by atoms with Crippen LogP contribution in [0.25, 0.3) is 0 Å². The van der Waals surface area contributed by atoms with E-state index < -0.39 is 30.0 Å². The van der Waals surface area contributed by atoms with E-state index >= 15 is 0 Å². The molecular formula is C17H22BN2O8-. The molecule has 1 saturated heterocycles. The van der Waals surface area contributed by atoms with Crippen molar-refractivity contribution >= 4 is 18.7 Å². The minimum absolute atomic E-state index is 0.0506. The fraction of sp³-hybridized carbons (Fsp3) is 0.529. The van der Waals surface area contributed by atoms with Crippen LogP contribution in [0.4, 0.5) is 0 Å². The molecular weight excluding hydrogens is 371 g/mol. The van der Waals surface area contributed by atoms with Gasteiger partial charge in [-0.2, -0.15) is 0 Å². The molecule has 11 heteroatoms. The first kappa shape index (κ1) is 19.0. The number of fused-ring (bicyclic) bond motifs is 3. The van der Waals surface area contributed by atoms with Crippen molar-refractivity contribution < 1.29 is 39.2 Å². The summed E-state index contributed by atoms with van der Waals surface area (Å²) in [7, 11) is 0. The lowest BCUT2D eigenvalue weighted by atomic mass is 9.68. The van der Waals surface area contributed by atoms with Gasteiger partial charge in [-0.15, -0.1) is 0 Å². The normalized spacial score (nSPS) is 27.4. The van der Waals surface area contributed by atoms with Crippen LogP contribution in [-0.2, 0) is 4.79 Å². The number of ether oxygens (including phenoxy) is 1. The number of carbonyl (C=O) groups is 2. The van der Waals surface area contributed by atoms with Gasteiger partial charge in [0.2, 0.25) is 0 Å². The first-order chi connectivity index (χ1) is 13.0. The van der Waals surface area contributed by atoms with Crippen molar-refractivity contribution in [2.24, 2.45) is 5.73 Å². The fourth-order valence-corrected chi connectivity index (χ4v) is 4.05. The summed E-state index contributed by atoms with van der Waals surface area (Å²) in [5.74, 6) is -2.88. The first-order valence-corrected chi connectivity index (χ1v) is 9.09. The maximum atomic E-state index is 11.8. The Morgan fingerprint density at radius 2 is 2.04 bits per heavy atom. The zero-order valence-electron chi connectivity index (χ0n) is 15.2. The minimum Gasteiger partial charge on any atom is -0.669 e. The highest BCUT2D eigenvalue weighted by molar-refractivity contribution is 6.62. The third kappa shape index (κ3) is 3.10. The lowest BCUT2D eigenvalue weighted by Gasteiger charge is -2.42. The van der Waals surface area contributed by atoms with Gasteiger partial charge in [0.25, 0.3) is 0 Å². The average molecular weight is 393 g/mol. The van der Waals surface area contributed by atoms with Gasteiger partial charge in [0.05, 0.1) is 5.75 Å². The van der Waals surface area contributed by atoms with E-state index in [-0.39, 0.29) is 35.6 Å². The van der Waals surface area contributed by atoms with Gasteiger partial charge in [-0.1, -0.05) is 18.3 Å².